The molecule has 0 atom stereocenters. The molecule has 98 valence electrons. The molecule has 1 fully saturated rings. The topological polar surface area (TPSA) is 35.6 Å². The number of anilines is 2. The van der Waals surface area contributed by atoms with Crippen LogP contribution in [0.1, 0.15) is 12.8 Å². The van der Waals surface area contributed by atoms with Gasteiger partial charge in [-0.3, -0.25) is 4.79 Å². The van der Waals surface area contributed by atoms with Gasteiger partial charge in [-0.15, -0.1) is 0 Å². The summed E-state index contributed by atoms with van der Waals surface area (Å²) in [6.45, 7) is 2.22. The van der Waals surface area contributed by atoms with Crippen LogP contribution in [0.25, 0.3) is 0 Å². The van der Waals surface area contributed by atoms with Gasteiger partial charge in [0.2, 0.25) is 5.91 Å². The Morgan fingerprint density at radius 1 is 1.33 bits per heavy atom. The molecule has 1 N–H and O–H groups in total. The first kappa shape index (κ1) is 12.7. The maximum absolute atomic E-state index is 11.9. The number of nitrogens with zero attached hydrogens (tertiary/aromatic N) is 2. The summed E-state index contributed by atoms with van der Waals surface area (Å²) in [5.74, 6) is 0.197. The number of hydrogen-bond donors (Lipinski definition) is 1. The maximum Gasteiger partial charge on any atom is 0.241 e. The van der Waals surface area contributed by atoms with Gasteiger partial charge in [-0.2, -0.15) is 0 Å². The van der Waals surface area contributed by atoms with Crippen molar-refractivity contribution in [2.75, 3.05) is 43.9 Å². The zero-order valence-corrected chi connectivity index (χ0v) is 11.1. The summed E-state index contributed by atoms with van der Waals surface area (Å²) in [5.41, 5.74) is 2.13. The van der Waals surface area contributed by atoms with Gasteiger partial charge in [0.05, 0.1) is 6.54 Å². The van der Waals surface area contributed by atoms with Gasteiger partial charge in [0, 0.05) is 38.6 Å². The van der Waals surface area contributed by atoms with Crippen molar-refractivity contribution in [3.05, 3.63) is 24.3 Å². The zero-order chi connectivity index (χ0) is 13.0. The number of hydrogen-bond acceptors (Lipinski definition) is 3. The largest absolute Gasteiger partial charge is 0.378 e. The molecule has 18 heavy (non-hydrogen) atoms. The molecular weight excluding hydrogens is 226 g/mol. The molecule has 2 rings (SSSR count). The third-order valence-electron chi connectivity index (χ3n) is 3.27. The average Bonchev–Trinajstić information content (AvgIpc) is 2.90. The lowest BCUT2D eigenvalue weighted by Crippen LogP contribution is -2.32. The number of carbonyl (C=O) groups is 1. The molecule has 0 radical (unpaired) electrons. The Labute approximate surface area is 109 Å². The Hall–Kier alpha value is -1.71. The molecule has 1 aliphatic heterocycles. The number of nitrogens with one attached hydrogen (secondary N) is 1. The van der Waals surface area contributed by atoms with Crippen LogP contribution in [0.2, 0.25) is 0 Å². The second-order valence-corrected chi connectivity index (χ2v) is 4.89. The Morgan fingerprint density at radius 3 is 2.72 bits per heavy atom. The first-order valence-electron chi connectivity index (χ1n) is 6.46. The molecule has 1 heterocycles. The SMILES string of the molecule is CN(C)c1cccc(NCC(=O)N2CCCC2)c1. The van der Waals surface area contributed by atoms with Crippen LogP contribution in [-0.2, 0) is 4.79 Å². The third kappa shape index (κ3) is 3.15. The summed E-state index contributed by atoms with van der Waals surface area (Å²) in [4.78, 5) is 15.9. The average molecular weight is 247 g/mol. The molecule has 0 unspecified atom stereocenters. The summed E-state index contributed by atoms with van der Waals surface area (Å²) in [6.07, 6.45) is 2.28. The standard InChI is InChI=1S/C14H21N3O/c1-16(2)13-7-5-6-12(10-13)15-11-14(18)17-8-3-4-9-17/h5-7,10,15H,3-4,8-9,11H2,1-2H3. The van der Waals surface area contributed by atoms with Gasteiger partial charge < -0.3 is 15.1 Å². The van der Waals surface area contributed by atoms with Gasteiger partial charge in [0.25, 0.3) is 0 Å². The van der Waals surface area contributed by atoms with E-state index in [0.717, 1.165) is 37.3 Å². The van der Waals surface area contributed by atoms with Crippen molar-refractivity contribution < 1.29 is 4.79 Å². The summed E-state index contributed by atoms with van der Waals surface area (Å²) < 4.78 is 0. The van der Waals surface area contributed by atoms with Gasteiger partial charge in [0.15, 0.2) is 0 Å². The minimum absolute atomic E-state index is 0.197. The van der Waals surface area contributed by atoms with Crippen molar-refractivity contribution in [1.82, 2.24) is 4.90 Å². The van der Waals surface area contributed by atoms with Crippen LogP contribution in [0, 0.1) is 0 Å². The molecule has 1 saturated heterocycles. The normalized spacial score (nSPS) is 14.7. The molecule has 0 saturated carbocycles. The van der Waals surface area contributed by atoms with Gasteiger partial charge in [-0.05, 0) is 31.0 Å². The second kappa shape index (κ2) is 5.76. The van der Waals surface area contributed by atoms with E-state index in [4.69, 9.17) is 0 Å². The van der Waals surface area contributed by atoms with E-state index in [1.807, 2.05) is 42.1 Å². The molecule has 4 nitrogen and oxygen atoms in total. The predicted octanol–water partition coefficient (Wildman–Crippen LogP) is 1.79. The minimum atomic E-state index is 0.197. The molecule has 1 amide bonds. The second-order valence-electron chi connectivity index (χ2n) is 4.89. The van der Waals surface area contributed by atoms with E-state index >= 15 is 0 Å². The lowest BCUT2D eigenvalue weighted by atomic mass is 10.2. The van der Waals surface area contributed by atoms with E-state index in [-0.39, 0.29) is 5.91 Å². The molecule has 1 aromatic carbocycles. The highest BCUT2D eigenvalue weighted by Crippen LogP contribution is 2.17. The number of carbonyl (C=O) groups excluding carboxylic acids is 1. The first-order valence-corrected chi connectivity index (χ1v) is 6.46. The van der Waals surface area contributed by atoms with E-state index < -0.39 is 0 Å². The van der Waals surface area contributed by atoms with E-state index in [0.29, 0.717) is 6.54 Å². The molecule has 0 bridgehead atoms. The smallest absolute Gasteiger partial charge is 0.241 e. The van der Waals surface area contributed by atoms with Crippen LogP contribution < -0.4 is 10.2 Å². The van der Waals surface area contributed by atoms with Crippen LogP contribution in [0.3, 0.4) is 0 Å². The lowest BCUT2D eigenvalue weighted by Gasteiger charge is -2.17. The Morgan fingerprint density at radius 2 is 2.06 bits per heavy atom. The molecule has 0 aliphatic carbocycles. The van der Waals surface area contributed by atoms with E-state index in [1.165, 1.54) is 0 Å². The number of likely N-dealkylation sites (tertiary alicyclic amines) is 1. The van der Waals surface area contributed by atoms with Crippen molar-refractivity contribution in [2.45, 2.75) is 12.8 Å². The maximum atomic E-state index is 11.9. The van der Waals surface area contributed by atoms with Crippen LogP contribution in [0.5, 0.6) is 0 Å². The zero-order valence-electron chi connectivity index (χ0n) is 11.1. The molecule has 0 spiro atoms. The summed E-state index contributed by atoms with van der Waals surface area (Å²) in [6, 6.07) is 8.09. The van der Waals surface area contributed by atoms with Gasteiger partial charge in [0.1, 0.15) is 0 Å². The molecule has 0 aromatic heterocycles. The van der Waals surface area contributed by atoms with Crippen LogP contribution in [0.15, 0.2) is 24.3 Å². The van der Waals surface area contributed by atoms with Crippen molar-refractivity contribution in [2.24, 2.45) is 0 Å². The van der Waals surface area contributed by atoms with Crippen molar-refractivity contribution in [3.8, 4) is 0 Å². The van der Waals surface area contributed by atoms with Crippen LogP contribution in [-0.4, -0.2) is 44.5 Å². The Kier molecular flexibility index (Phi) is 4.07. The van der Waals surface area contributed by atoms with Crippen molar-refractivity contribution >= 4 is 17.3 Å². The third-order valence-corrected chi connectivity index (χ3v) is 3.27. The van der Waals surface area contributed by atoms with Crippen LogP contribution in [0.4, 0.5) is 11.4 Å². The highest BCUT2D eigenvalue weighted by molar-refractivity contribution is 5.81. The quantitative estimate of drug-likeness (QED) is 0.881. The minimum Gasteiger partial charge on any atom is -0.378 e. The summed E-state index contributed by atoms with van der Waals surface area (Å²) >= 11 is 0. The highest BCUT2D eigenvalue weighted by Gasteiger charge is 2.17. The highest BCUT2D eigenvalue weighted by atomic mass is 16.2. The van der Waals surface area contributed by atoms with Gasteiger partial charge in [-0.1, -0.05) is 6.07 Å². The van der Waals surface area contributed by atoms with Crippen molar-refractivity contribution in [3.63, 3.8) is 0 Å². The summed E-state index contributed by atoms with van der Waals surface area (Å²) in [7, 11) is 4.02. The Bertz CT molecular complexity index is 411. The fourth-order valence-corrected chi connectivity index (χ4v) is 2.15. The summed E-state index contributed by atoms with van der Waals surface area (Å²) in [5, 5.41) is 3.20. The predicted molar refractivity (Wildman–Crippen MR) is 75.1 cm³/mol. The van der Waals surface area contributed by atoms with E-state index in [2.05, 4.69) is 11.4 Å². The van der Waals surface area contributed by atoms with E-state index in [1.54, 1.807) is 0 Å². The Balaban J connectivity index is 1.89. The van der Waals surface area contributed by atoms with Gasteiger partial charge >= 0.3 is 0 Å². The monoisotopic (exact) mass is 247 g/mol. The van der Waals surface area contributed by atoms with Crippen molar-refractivity contribution in [1.29, 1.82) is 0 Å². The molecule has 1 aliphatic rings. The molecule has 4 heteroatoms. The van der Waals surface area contributed by atoms with Gasteiger partial charge in [-0.25, -0.2) is 0 Å². The molecule has 1 aromatic rings. The molecular formula is C14H21N3O. The van der Waals surface area contributed by atoms with E-state index in [9.17, 15) is 4.79 Å². The first-order chi connectivity index (χ1) is 8.66. The van der Waals surface area contributed by atoms with Crippen LogP contribution >= 0.6 is 0 Å². The lowest BCUT2D eigenvalue weighted by molar-refractivity contribution is -0.128. The number of rotatable bonds is 4. The number of benzene rings is 1. The fourth-order valence-electron chi connectivity index (χ4n) is 2.15. The fraction of sp³-hybridized carbons (Fsp3) is 0.500. The number of amides is 1.